The lowest BCUT2D eigenvalue weighted by molar-refractivity contribution is 0.608. The first-order valence-electron chi connectivity index (χ1n) is 4.55. The van der Waals surface area contributed by atoms with Crippen molar-refractivity contribution in [3.8, 4) is 0 Å². The number of halogens is 2. The van der Waals surface area contributed by atoms with E-state index >= 15 is 0 Å². The standard InChI is InChI=1S/C10H9ClFN3/c11-9-2-1-3-10(12)8(9)5-4-7-6-13-15-14-7/h1-3,6H,4-5H2,(H,13,14,15). The van der Waals surface area contributed by atoms with Crippen molar-refractivity contribution < 1.29 is 4.39 Å². The summed E-state index contributed by atoms with van der Waals surface area (Å²) in [5.41, 5.74) is 1.33. The minimum atomic E-state index is -0.272. The maximum absolute atomic E-state index is 13.4. The Morgan fingerprint density at radius 1 is 1.33 bits per heavy atom. The van der Waals surface area contributed by atoms with Crippen LogP contribution in [0.15, 0.2) is 24.4 Å². The van der Waals surface area contributed by atoms with Crippen molar-refractivity contribution in [1.29, 1.82) is 0 Å². The Morgan fingerprint density at radius 3 is 2.87 bits per heavy atom. The Bertz CT molecular complexity index is 422. The van der Waals surface area contributed by atoms with Gasteiger partial charge in [0.05, 0.1) is 11.9 Å². The van der Waals surface area contributed by atoms with E-state index < -0.39 is 0 Å². The van der Waals surface area contributed by atoms with E-state index in [1.165, 1.54) is 6.07 Å². The summed E-state index contributed by atoms with van der Waals surface area (Å²) in [4.78, 5) is 0. The predicted octanol–water partition coefficient (Wildman–Crippen LogP) is 2.38. The quantitative estimate of drug-likeness (QED) is 0.872. The largest absolute Gasteiger partial charge is 0.207 e. The molecule has 0 spiro atoms. The molecule has 5 heteroatoms. The Labute approximate surface area is 91.3 Å². The third-order valence-corrected chi connectivity index (χ3v) is 2.51. The van der Waals surface area contributed by atoms with E-state index in [-0.39, 0.29) is 5.82 Å². The number of nitrogens with zero attached hydrogens (tertiary/aromatic N) is 2. The van der Waals surface area contributed by atoms with Crippen LogP contribution in [0.5, 0.6) is 0 Å². The van der Waals surface area contributed by atoms with Crippen molar-refractivity contribution in [2.24, 2.45) is 0 Å². The lowest BCUT2D eigenvalue weighted by atomic mass is 10.1. The van der Waals surface area contributed by atoms with Gasteiger partial charge in [-0.15, -0.1) is 0 Å². The summed E-state index contributed by atoms with van der Waals surface area (Å²) in [5, 5.41) is 10.5. The van der Waals surface area contributed by atoms with Crippen LogP contribution in [0, 0.1) is 5.82 Å². The van der Waals surface area contributed by atoms with Crippen LogP contribution in [0.2, 0.25) is 5.02 Å². The molecule has 0 aliphatic heterocycles. The van der Waals surface area contributed by atoms with Crippen molar-refractivity contribution in [1.82, 2.24) is 15.4 Å². The topological polar surface area (TPSA) is 41.6 Å². The van der Waals surface area contributed by atoms with Crippen molar-refractivity contribution in [2.75, 3.05) is 0 Å². The zero-order valence-electron chi connectivity index (χ0n) is 7.87. The van der Waals surface area contributed by atoms with Gasteiger partial charge in [0.15, 0.2) is 0 Å². The molecule has 1 aromatic heterocycles. The molecule has 15 heavy (non-hydrogen) atoms. The van der Waals surface area contributed by atoms with E-state index in [9.17, 15) is 4.39 Å². The van der Waals surface area contributed by atoms with Gasteiger partial charge in [0, 0.05) is 10.6 Å². The normalized spacial score (nSPS) is 10.5. The Hall–Kier alpha value is -1.42. The molecular formula is C10H9ClFN3. The third-order valence-electron chi connectivity index (χ3n) is 2.16. The fourth-order valence-electron chi connectivity index (χ4n) is 1.37. The maximum Gasteiger partial charge on any atom is 0.127 e. The van der Waals surface area contributed by atoms with Crippen LogP contribution in [0.25, 0.3) is 0 Å². The molecule has 0 amide bonds. The lowest BCUT2D eigenvalue weighted by Gasteiger charge is -2.03. The summed E-state index contributed by atoms with van der Waals surface area (Å²) in [6.07, 6.45) is 2.77. The summed E-state index contributed by atoms with van der Waals surface area (Å²) in [6.45, 7) is 0. The monoisotopic (exact) mass is 225 g/mol. The van der Waals surface area contributed by atoms with Gasteiger partial charge in [0.25, 0.3) is 0 Å². The highest BCUT2D eigenvalue weighted by Crippen LogP contribution is 2.20. The van der Waals surface area contributed by atoms with Crippen LogP contribution in [0.1, 0.15) is 11.3 Å². The first-order valence-corrected chi connectivity index (χ1v) is 4.92. The van der Waals surface area contributed by atoms with Gasteiger partial charge in [-0.05, 0) is 25.0 Å². The molecule has 0 fully saturated rings. The van der Waals surface area contributed by atoms with Crippen LogP contribution < -0.4 is 0 Å². The smallest absolute Gasteiger partial charge is 0.127 e. The molecule has 3 nitrogen and oxygen atoms in total. The van der Waals surface area contributed by atoms with Crippen LogP contribution in [-0.4, -0.2) is 15.4 Å². The van der Waals surface area contributed by atoms with Gasteiger partial charge in [0.2, 0.25) is 0 Å². The molecule has 2 rings (SSSR count). The van der Waals surface area contributed by atoms with E-state index in [0.29, 0.717) is 23.4 Å². The van der Waals surface area contributed by atoms with Crippen LogP contribution in [0.3, 0.4) is 0 Å². The Kier molecular flexibility index (Phi) is 2.97. The number of aromatic amines is 1. The third kappa shape index (κ3) is 2.33. The van der Waals surface area contributed by atoms with Gasteiger partial charge < -0.3 is 0 Å². The SMILES string of the molecule is Fc1cccc(Cl)c1CCc1cn[nH]n1. The van der Waals surface area contributed by atoms with Crippen molar-refractivity contribution in [3.63, 3.8) is 0 Å². The number of aromatic nitrogens is 3. The minimum Gasteiger partial charge on any atom is -0.207 e. The molecule has 0 saturated carbocycles. The summed E-state index contributed by atoms with van der Waals surface area (Å²) < 4.78 is 13.4. The van der Waals surface area contributed by atoms with Crippen LogP contribution >= 0.6 is 11.6 Å². The zero-order valence-corrected chi connectivity index (χ0v) is 8.63. The molecule has 1 aromatic carbocycles. The van der Waals surface area contributed by atoms with Crippen molar-refractivity contribution in [2.45, 2.75) is 12.8 Å². The Morgan fingerprint density at radius 2 is 2.20 bits per heavy atom. The van der Waals surface area contributed by atoms with Crippen molar-refractivity contribution in [3.05, 3.63) is 46.5 Å². The summed E-state index contributed by atoms with van der Waals surface area (Å²) in [6, 6.07) is 4.68. The average molecular weight is 226 g/mol. The first kappa shape index (κ1) is 10.1. The second kappa shape index (κ2) is 4.40. The summed E-state index contributed by atoms with van der Waals surface area (Å²) in [5.74, 6) is -0.272. The molecule has 0 radical (unpaired) electrons. The summed E-state index contributed by atoms with van der Waals surface area (Å²) >= 11 is 5.89. The fraction of sp³-hybridized carbons (Fsp3) is 0.200. The van der Waals surface area contributed by atoms with E-state index in [0.717, 1.165) is 5.69 Å². The van der Waals surface area contributed by atoms with E-state index in [4.69, 9.17) is 11.6 Å². The highest BCUT2D eigenvalue weighted by molar-refractivity contribution is 6.31. The Balaban J connectivity index is 2.11. The summed E-state index contributed by atoms with van der Waals surface area (Å²) in [7, 11) is 0. The molecule has 0 bridgehead atoms. The number of aryl methyl sites for hydroxylation is 1. The molecule has 0 atom stereocenters. The van der Waals surface area contributed by atoms with Gasteiger partial charge >= 0.3 is 0 Å². The molecule has 2 aromatic rings. The molecule has 1 heterocycles. The number of benzene rings is 1. The molecule has 78 valence electrons. The molecule has 1 N–H and O–H groups in total. The van der Waals surface area contributed by atoms with Gasteiger partial charge in [-0.1, -0.05) is 17.7 Å². The van der Waals surface area contributed by atoms with Gasteiger partial charge in [-0.25, -0.2) is 4.39 Å². The number of H-pyrrole nitrogens is 1. The van der Waals surface area contributed by atoms with Crippen molar-refractivity contribution >= 4 is 11.6 Å². The minimum absolute atomic E-state index is 0.272. The second-order valence-electron chi connectivity index (χ2n) is 3.16. The number of hydrogen-bond donors (Lipinski definition) is 1. The second-order valence-corrected chi connectivity index (χ2v) is 3.57. The number of nitrogens with one attached hydrogen (secondary N) is 1. The van der Waals surface area contributed by atoms with Crippen LogP contribution in [-0.2, 0) is 12.8 Å². The highest BCUT2D eigenvalue weighted by atomic mass is 35.5. The zero-order chi connectivity index (χ0) is 10.7. The van der Waals surface area contributed by atoms with Crippen LogP contribution in [0.4, 0.5) is 4.39 Å². The van der Waals surface area contributed by atoms with E-state index in [2.05, 4.69) is 15.4 Å². The van der Waals surface area contributed by atoms with Gasteiger partial charge in [-0.2, -0.15) is 15.4 Å². The van der Waals surface area contributed by atoms with E-state index in [1.807, 2.05) is 0 Å². The number of hydrogen-bond acceptors (Lipinski definition) is 2. The number of rotatable bonds is 3. The molecule has 0 saturated heterocycles. The molecule has 0 unspecified atom stereocenters. The van der Waals surface area contributed by atoms with Gasteiger partial charge in [0.1, 0.15) is 5.82 Å². The average Bonchev–Trinajstić information content (AvgIpc) is 2.70. The highest BCUT2D eigenvalue weighted by Gasteiger charge is 2.07. The fourth-order valence-corrected chi connectivity index (χ4v) is 1.63. The first-order chi connectivity index (χ1) is 7.27. The maximum atomic E-state index is 13.4. The molecule has 0 aliphatic rings. The predicted molar refractivity (Wildman–Crippen MR) is 55.2 cm³/mol. The lowest BCUT2D eigenvalue weighted by Crippen LogP contribution is -1.96. The van der Waals surface area contributed by atoms with E-state index in [1.54, 1.807) is 18.3 Å². The molecule has 0 aliphatic carbocycles. The molecular weight excluding hydrogens is 217 g/mol. The van der Waals surface area contributed by atoms with Gasteiger partial charge in [-0.3, -0.25) is 0 Å².